The van der Waals surface area contributed by atoms with E-state index in [0.717, 1.165) is 13.1 Å². The first-order valence-electron chi connectivity index (χ1n) is 7.77. The highest BCUT2D eigenvalue weighted by Crippen LogP contribution is 2.33. The first-order valence-corrected chi connectivity index (χ1v) is 7.77. The van der Waals surface area contributed by atoms with Crippen molar-refractivity contribution in [3.63, 3.8) is 0 Å². The SMILES string of the molecule is COc1ccnc(N2C[C@@H]3OCC(=O)N(CC4CC4)[C@@H]3C2)n1. The summed E-state index contributed by atoms with van der Waals surface area (Å²) in [5, 5.41) is 0. The summed E-state index contributed by atoms with van der Waals surface area (Å²) >= 11 is 0. The second kappa shape index (κ2) is 5.39. The van der Waals surface area contributed by atoms with E-state index >= 15 is 0 Å². The van der Waals surface area contributed by atoms with Gasteiger partial charge < -0.3 is 19.3 Å². The van der Waals surface area contributed by atoms with Crippen molar-refractivity contribution in [3.05, 3.63) is 12.3 Å². The molecule has 2 aliphatic heterocycles. The minimum Gasteiger partial charge on any atom is -0.481 e. The molecule has 2 atom stereocenters. The maximum absolute atomic E-state index is 12.2. The third-order valence-corrected chi connectivity index (χ3v) is 4.64. The van der Waals surface area contributed by atoms with Crippen LogP contribution in [0.1, 0.15) is 12.8 Å². The summed E-state index contributed by atoms with van der Waals surface area (Å²) in [7, 11) is 1.59. The van der Waals surface area contributed by atoms with Crippen molar-refractivity contribution >= 4 is 11.9 Å². The highest BCUT2D eigenvalue weighted by Gasteiger charge is 2.45. The first kappa shape index (κ1) is 13.8. The van der Waals surface area contributed by atoms with E-state index in [2.05, 4.69) is 14.9 Å². The minimum absolute atomic E-state index is 0.0475. The summed E-state index contributed by atoms with van der Waals surface area (Å²) < 4.78 is 10.9. The first-order chi connectivity index (χ1) is 10.7. The fraction of sp³-hybridized carbons (Fsp3) is 0.667. The van der Waals surface area contributed by atoms with Gasteiger partial charge in [-0.2, -0.15) is 4.98 Å². The molecule has 4 rings (SSSR count). The van der Waals surface area contributed by atoms with E-state index < -0.39 is 0 Å². The molecule has 118 valence electrons. The lowest BCUT2D eigenvalue weighted by molar-refractivity contribution is -0.153. The second-order valence-electron chi connectivity index (χ2n) is 6.21. The highest BCUT2D eigenvalue weighted by molar-refractivity contribution is 5.79. The molecule has 1 saturated carbocycles. The third-order valence-electron chi connectivity index (χ3n) is 4.64. The molecule has 22 heavy (non-hydrogen) atoms. The van der Waals surface area contributed by atoms with Gasteiger partial charge in [0, 0.05) is 31.9 Å². The lowest BCUT2D eigenvalue weighted by atomic mass is 10.1. The maximum atomic E-state index is 12.2. The van der Waals surface area contributed by atoms with E-state index in [1.807, 2.05) is 4.90 Å². The van der Waals surface area contributed by atoms with Gasteiger partial charge in [0.1, 0.15) is 6.61 Å². The van der Waals surface area contributed by atoms with Crippen molar-refractivity contribution in [2.24, 2.45) is 5.92 Å². The molecule has 2 saturated heterocycles. The summed E-state index contributed by atoms with van der Waals surface area (Å²) in [5.41, 5.74) is 0. The molecule has 0 bridgehead atoms. The van der Waals surface area contributed by atoms with Crippen LogP contribution >= 0.6 is 0 Å². The molecule has 1 amide bonds. The van der Waals surface area contributed by atoms with Crippen LogP contribution in [0, 0.1) is 5.92 Å². The predicted octanol–water partition coefficient (Wildman–Crippen LogP) is 0.311. The van der Waals surface area contributed by atoms with E-state index in [9.17, 15) is 4.79 Å². The number of methoxy groups -OCH3 is 1. The number of rotatable bonds is 4. The summed E-state index contributed by atoms with van der Waals surface area (Å²) in [6.07, 6.45) is 4.22. The Morgan fingerprint density at radius 1 is 1.41 bits per heavy atom. The van der Waals surface area contributed by atoms with Gasteiger partial charge in [0.25, 0.3) is 0 Å². The Kier molecular flexibility index (Phi) is 3.37. The van der Waals surface area contributed by atoms with E-state index in [1.165, 1.54) is 12.8 Å². The third kappa shape index (κ3) is 2.49. The predicted molar refractivity (Wildman–Crippen MR) is 78.8 cm³/mol. The number of fused-ring (bicyclic) bond motifs is 1. The van der Waals surface area contributed by atoms with Crippen LogP contribution in [0.25, 0.3) is 0 Å². The largest absolute Gasteiger partial charge is 0.481 e. The van der Waals surface area contributed by atoms with Gasteiger partial charge in [0.2, 0.25) is 17.7 Å². The van der Waals surface area contributed by atoms with Crippen LogP contribution < -0.4 is 9.64 Å². The topological polar surface area (TPSA) is 67.8 Å². The summed E-state index contributed by atoms with van der Waals surface area (Å²) in [4.78, 5) is 25.0. The smallest absolute Gasteiger partial charge is 0.248 e. The van der Waals surface area contributed by atoms with Crippen LogP contribution in [0.3, 0.4) is 0 Å². The van der Waals surface area contributed by atoms with Gasteiger partial charge in [-0.15, -0.1) is 0 Å². The Labute approximate surface area is 129 Å². The van der Waals surface area contributed by atoms with Gasteiger partial charge in [-0.25, -0.2) is 4.98 Å². The molecule has 1 aliphatic carbocycles. The molecule has 3 fully saturated rings. The summed E-state index contributed by atoms with van der Waals surface area (Å²) in [5.74, 6) is 1.98. The van der Waals surface area contributed by atoms with Crippen LogP contribution in [0.2, 0.25) is 0 Å². The molecule has 0 N–H and O–H groups in total. The molecule has 7 heteroatoms. The molecule has 7 nitrogen and oxygen atoms in total. The minimum atomic E-state index is 0.0475. The fourth-order valence-electron chi connectivity index (χ4n) is 3.24. The average Bonchev–Trinajstić information content (AvgIpc) is 3.26. The maximum Gasteiger partial charge on any atom is 0.248 e. The number of nitrogens with zero attached hydrogens (tertiary/aromatic N) is 4. The number of ether oxygens (including phenoxy) is 2. The van der Waals surface area contributed by atoms with Gasteiger partial charge in [0.15, 0.2) is 0 Å². The Hall–Kier alpha value is -1.89. The number of morpholine rings is 1. The van der Waals surface area contributed by atoms with Gasteiger partial charge in [-0.1, -0.05) is 0 Å². The Bertz CT molecular complexity index is 578. The number of aromatic nitrogens is 2. The molecular formula is C15H20N4O3. The van der Waals surface area contributed by atoms with E-state index in [4.69, 9.17) is 9.47 Å². The number of hydrogen-bond donors (Lipinski definition) is 0. The van der Waals surface area contributed by atoms with Crippen molar-refractivity contribution < 1.29 is 14.3 Å². The zero-order valence-electron chi connectivity index (χ0n) is 12.6. The zero-order valence-corrected chi connectivity index (χ0v) is 12.6. The lowest BCUT2D eigenvalue weighted by Gasteiger charge is -2.36. The van der Waals surface area contributed by atoms with Crippen molar-refractivity contribution in [1.29, 1.82) is 0 Å². The lowest BCUT2D eigenvalue weighted by Crippen LogP contribution is -2.54. The Morgan fingerprint density at radius 2 is 2.27 bits per heavy atom. The standard InChI is InChI=1S/C15H20N4O3/c1-21-13-4-5-16-15(17-13)18-7-11-12(8-18)22-9-14(20)19(11)6-10-2-3-10/h4-5,10-12H,2-3,6-9H2,1H3/t11-,12+/m1/s1. The molecule has 0 spiro atoms. The van der Waals surface area contributed by atoms with Crippen LogP contribution in [0.4, 0.5) is 5.95 Å². The van der Waals surface area contributed by atoms with E-state index in [-0.39, 0.29) is 24.7 Å². The number of anilines is 1. The summed E-state index contributed by atoms with van der Waals surface area (Å²) in [6, 6.07) is 1.84. The van der Waals surface area contributed by atoms with E-state index in [0.29, 0.717) is 24.3 Å². The zero-order chi connectivity index (χ0) is 15.1. The molecule has 3 aliphatic rings. The van der Waals surface area contributed by atoms with Crippen molar-refractivity contribution in [1.82, 2.24) is 14.9 Å². The quantitative estimate of drug-likeness (QED) is 0.797. The average molecular weight is 304 g/mol. The number of hydrogen-bond acceptors (Lipinski definition) is 6. The molecule has 0 radical (unpaired) electrons. The highest BCUT2D eigenvalue weighted by atomic mass is 16.5. The molecule has 0 unspecified atom stereocenters. The molecule has 3 heterocycles. The van der Waals surface area contributed by atoms with E-state index in [1.54, 1.807) is 19.4 Å². The van der Waals surface area contributed by atoms with Crippen molar-refractivity contribution in [3.8, 4) is 5.88 Å². The Morgan fingerprint density at radius 3 is 3.05 bits per heavy atom. The number of carbonyl (C=O) groups is 1. The van der Waals surface area contributed by atoms with Crippen LogP contribution in [-0.4, -0.2) is 66.3 Å². The monoisotopic (exact) mass is 304 g/mol. The van der Waals surface area contributed by atoms with Gasteiger partial charge >= 0.3 is 0 Å². The van der Waals surface area contributed by atoms with Gasteiger partial charge in [-0.3, -0.25) is 4.79 Å². The fourth-order valence-corrected chi connectivity index (χ4v) is 3.24. The van der Waals surface area contributed by atoms with Crippen LogP contribution in [-0.2, 0) is 9.53 Å². The van der Waals surface area contributed by atoms with Crippen LogP contribution in [0.5, 0.6) is 5.88 Å². The second-order valence-corrected chi connectivity index (χ2v) is 6.21. The molecule has 0 aromatic carbocycles. The normalized spacial score (nSPS) is 28.0. The number of carbonyl (C=O) groups excluding carboxylic acids is 1. The molecule has 1 aromatic rings. The Balaban J connectivity index is 1.52. The number of amides is 1. The summed E-state index contributed by atoms with van der Waals surface area (Å²) in [6.45, 7) is 2.50. The van der Waals surface area contributed by atoms with Crippen molar-refractivity contribution in [2.45, 2.75) is 25.0 Å². The van der Waals surface area contributed by atoms with Crippen LogP contribution in [0.15, 0.2) is 12.3 Å². The van der Waals surface area contributed by atoms with Gasteiger partial charge in [0.05, 0.1) is 19.3 Å². The van der Waals surface area contributed by atoms with Gasteiger partial charge in [-0.05, 0) is 18.8 Å². The molecular weight excluding hydrogens is 284 g/mol. The van der Waals surface area contributed by atoms with Crippen molar-refractivity contribution in [2.75, 3.05) is 38.3 Å². The molecule has 1 aromatic heterocycles.